The summed E-state index contributed by atoms with van der Waals surface area (Å²) in [6, 6.07) is 2.64. The van der Waals surface area contributed by atoms with Gasteiger partial charge < -0.3 is 9.64 Å². The quantitative estimate of drug-likeness (QED) is 0.425. The molecular formula is C12H26ClN3O2. The average molecular weight is 280 g/mol. The minimum Gasteiger partial charge on any atom is -0.466 e. The molecule has 0 spiro atoms. The first kappa shape index (κ1) is 22.3. The van der Waals surface area contributed by atoms with Gasteiger partial charge in [-0.3, -0.25) is 4.79 Å². The molecule has 0 fully saturated rings. The number of rotatable bonds is 6. The number of hydrogen-bond donors (Lipinski definition) is 0. The number of nitrogens with zero attached hydrogens (tertiary/aromatic N) is 3. The zero-order valence-electron chi connectivity index (χ0n) is 12.1. The van der Waals surface area contributed by atoms with Gasteiger partial charge in [0, 0.05) is 13.5 Å². The van der Waals surface area contributed by atoms with Crippen LogP contribution >= 0.6 is 12.4 Å². The largest absolute Gasteiger partial charge is 0.466 e. The van der Waals surface area contributed by atoms with E-state index >= 15 is 0 Å². The number of hydrogen-bond acceptors (Lipinski definition) is 5. The van der Waals surface area contributed by atoms with Crippen molar-refractivity contribution in [1.82, 2.24) is 4.90 Å². The van der Waals surface area contributed by atoms with Crippen LogP contribution in [-0.4, -0.2) is 57.2 Å². The maximum Gasteiger partial charge on any atom is 0.302 e. The Kier molecular flexibility index (Phi) is 22.9. The lowest BCUT2D eigenvalue weighted by atomic mass is 10.4. The van der Waals surface area contributed by atoms with Crippen LogP contribution in [0.3, 0.4) is 0 Å². The second-order valence-corrected chi connectivity index (χ2v) is 3.54. The number of halogens is 1. The molecular weight excluding hydrogens is 254 g/mol. The van der Waals surface area contributed by atoms with E-state index in [4.69, 9.17) is 0 Å². The van der Waals surface area contributed by atoms with Gasteiger partial charge in [-0.05, 0) is 40.9 Å². The standard InChI is InChI=1S/C8H17N3.C4H8O2.ClH/c1-4-9-8-10-6-5-7-11(2)3;1-3-6-4(2)5;/h4-7H2,1-3H3;3H2,1-2H3;1H. The van der Waals surface area contributed by atoms with Crippen LogP contribution in [0.4, 0.5) is 0 Å². The predicted molar refractivity (Wildman–Crippen MR) is 78.0 cm³/mol. The van der Waals surface area contributed by atoms with Crippen LogP contribution in [0.25, 0.3) is 0 Å². The van der Waals surface area contributed by atoms with E-state index < -0.39 is 0 Å². The summed E-state index contributed by atoms with van der Waals surface area (Å²) >= 11 is 0. The van der Waals surface area contributed by atoms with Crippen LogP contribution in [0.15, 0.2) is 9.98 Å². The van der Waals surface area contributed by atoms with Gasteiger partial charge in [0.2, 0.25) is 0 Å². The highest BCUT2D eigenvalue weighted by atomic mass is 35.5. The summed E-state index contributed by atoms with van der Waals surface area (Å²) in [6.07, 6.45) is 1.08. The van der Waals surface area contributed by atoms with Crippen molar-refractivity contribution >= 4 is 24.4 Å². The molecule has 0 unspecified atom stereocenters. The van der Waals surface area contributed by atoms with Crippen molar-refractivity contribution in [2.75, 3.05) is 40.3 Å². The predicted octanol–water partition coefficient (Wildman–Crippen LogP) is 2.12. The topological polar surface area (TPSA) is 54.3 Å². The Morgan fingerprint density at radius 3 is 2.22 bits per heavy atom. The molecule has 5 nitrogen and oxygen atoms in total. The molecule has 0 saturated carbocycles. The fourth-order valence-corrected chi connectivity index (χ4v) is 0.840. The first-order valence-electron chi connectivity index (χ1n) is 5.90. The van der Waals surface area contributed by atoms with E-state index in [1.54, 1.807) is 6.92 Å². The number of ether oxygens (including phenoxy) is 1. The van der Waals surface area contributed by atoms with Crippen molar-refractivity contribution in [2.24, 2.45) is 9.98 Å². The van der Waals surface area contributed by atoms with Crippen molar-refractivity contribution in [3.8, 4) is 0 Å². The molecule has 0 aromatic carbocycles. The van der Waals surface area contributed by atoms with Gasteiger partial charge in [-0.25, -0.2) is 9.98 Å². The van der Waals surface area contributed by atoms with Gasteiger partial charge in [0.25, 0.3) is 0 Å². The second-order valence-electron chi connectivity index (χ2n) is 3.54. The minimum absolute atomic E-state index is 0. The third kappa shape index (κ3) is 29.4. The maximum atomic E-state index is 9.82. The molecule has 0 aliphatic carbocycles. The number of aliphatic imine (C=N–C) groups is 2. The molecule has 0 aromatic heterocycles. The van der Waals surface area contributed by atoms with E-state index in [1.165, 1.54) is 6.92 Å². The lowest BCUT2D eigenvalue weighted by molar-refractivity contribution is -0.140. The molecule has 0 aliphatic heterocycles. The van der Waals surface area contributed by atoms with E-state index in [2.05, 4.69) is 39.7 Å². The van der Waals surface area contributed by atoms with Crippen LogP contribution in [0.5, 0.6) is 0 Å². The summed E-state index contributed by atoms with van der Waals surface area (Å²) < 4.78 is 4.40. The SMILES string of the molecule is CCN=C=NCCCN(C)C.CCOC(C)=O.Cl. The monoisotopic (exact) mass is 279 g/mol. The summed E-state index contributed by atoms with van der Waals surface area (Å²) in [6.45, 7) is 8.32. The summed E-state index contributed by atoms with van der Waals surface area (Å²) in [5.74, 6) is -0.211. The van der Waals surface area contributed by atoms with Gasteiger partial charge in [0.15, 0.2) is 0 Å². The van der Waals surface area contributed by atoms with E-state index in [0.717, 1.165) is 26.1 Å². The van der Waals surface area contributed by atoms with Crippen LogP contribution < -0.4 is 0 Å². The first-order chi connectivity index (χ1) is 8.04. The third-order valence-electron chi connectivity index (χ3n) is 1.52. The van der Waals surface area contributed by atoms with Crippen molar-refractivity contribution in [3.63, 3.8) is 0 Å². The molecule has 0 N–H and O–H groups in total. The highest BCUT2D eigenvalue weighted by molar-refractivity contribution is 5.85. The van der Waals surface area contributed by atoms with E-state index in [1.807, 2.05) is 6.92 Å². The zero-order valence-corrected chi connectivity index (χ0v) is 12.9. The number of esters is 1. The Morgan fingerprint density at radius 1 is 1.28 bits per heavy atom. The highest BCUT2D eigenvalue weighted by Crippen LogP contribution is 1.82. The maximum absolute atomic E-state index is 9.82. The zero-order chi connectivity index (χ0) is 13.5. The molecule has 108 valence electrons. The fourth-order valence-electron chi connectivity index (χ4n) is 0.840. The van der Waals surface area contributed by atoms with E-state index in [-0.39, 0.29) is 18.4 Å². The molecule has 0 saturated heterocycles. The lowest BCUT2D eigenvalue weighted by Crippen LogP contribution is -2.13. The molecule has 0 amide bonds. The van der Waals surface area contributed by atoms with Crippen LogP contribution in [0.1, 0.15) is 27.2 Å². The van der Waals surface area contributed by atoms with Crippen LogP contribution in [0, 0.1) is 0 Å². The van der Waals surface area contributed by atoms with Crippen LogP contribution in [-0.2, 0) is 9.53 Å². The Bertz CT molecular complexity index is 239. The van der Waals surface area contributed by atoms with Gasteiger partial charge >= 0.3 is 5.97 Å². The van der Waals surface area contributed by atoms with Crippen LogP contribution in [0.2, 0.25) is 0 Å². The van der Waals surface area contributed by atoms with Crippen molar-refractivity contribution in [1.29, 1.82) is 0 Å². The molecule has 18 heavy (non-hydrogen) atoms. The Balaban J connectivity index is -0.000000277. The molecule has 0 atom stereocenters. The third-order valence-corrected chi connectivity index (χ3v) is 1.52. The number of carbonyl (C=O) groups is 1. The Labute approximate surface area is 117 Å². The van der Waals surface area contributed by atoms with Gasteiger partial charge in [-0.1, -0.05) is 0 Å². The van der Waals surface area contributed by atoms with Crippen molar-refractivity contribution in [3.05, 3.63) is 0 Å². The van der Waals surface area contributed by atoms with Gasteiger partial charge in [0.05, 0.1) is 19.2 Å². The van der Waals surface area contributed by atoms with E-state index in [9.17, 15) is 4.79 Å². The molecule has 0 rings (SSSR count). The molecule has 0 aromatic rings. The molecule has 0 radical (unpaired) electrons. The van der Waals surface area contributed by atoms with Crippen molar-refractivity contribution in [2.45, 2.75) is 27.2 Å². The highest BCUT2D eigenvalue weighted by Gasteiger charge is 1.86. The smallest absolute Gasteiger partial charge is 0.302 e. The lowest BCUT2D eigenvalue weighted by Gasteiger charge is -2.05. The van der Waals surface area contributed by atoms with E-state index in [0.29, 0.717) is 6.61 Å². The number of carbonyl (C=O) groups excluding carboxylic acids is 1. The summed E-state index contributed by atoms with van der Waals surface area (Å²) in [5.41, 5.74) is 0. The van der Waals surface area contributed by atoms with Gasteiger partial charge in [-0.2, -0.15) is 0 Å². The summed E-state index contributed by atoms with van der Waals surface area (Å²) in [5, 5.41) is 0. The normalized spacial score (nSPS) is 8.33. The minimum atomic E-state index is -0.211. The average Bonchev–Trinajstić information content (AvgIpc) is 2.23. The fraction of sp³-hybridized carbons (Fsp3) is 0.833. The summed E-state index contributed by atoms with van der Waals surface area (Å²) in [7, 11) is 4.12. The summed E-state index contributed by atoms with van der Waals surface area (Å²) in [4.78, 5) is 19.8. The Morgan fingerprint density at radius 2 is 1.89 bits per heavy atom. The van der Waals surface area contributed by atoms with Gasteiger partial charge in [0.1, 0.15) is 0 Å². The van der Waals surface area contributed by atoms with Gasteiger partial charge in [-0.15, -0.1) is 12.4 Å². The van der Waals surface area contributed by atoms with Crippen molar-refractivity contribution < 1.29 is 9.53 Å². The molecule has 0 bridgehead atoms. The molecule has 0 aliphatic rings. The molecule has 0 heterocycles. The second kappa shape index (κ2) is 18.5. The first-order valence-corrected chi connectivity index (χ1v) is 5.90. The Hall–Kier alpha value is -0.900. The molecule has 6 heteroatoms.